The highest BCUT2D eigenvalue weighted by atomic mass is 32.1. The molecule has 0 aromatic carbocycles. The third-order valence-electron chi connectivity index (χ3n) is 2.19. The fraction of sp³-hybridized carbons (Fsp3) is 0.500. The average Bonchev–Trinajstić information content (AvgIpc) is 2.81. The SMILES string of the molecule is Cc1nc(-c2nc(CNC(C)(C)C)co2)cs1. The van der Waals surface area contributed by atoms with Gasteiger partial charge in [0.2, 0.25) is 5.89 Å². The predicted octanol–water partition coefficient (Wildman–Crippen LogP) is 2.99. The van der Waals surface area contributed by atoms with Gasteiger partial charge in [-0.05, 0) is 27.7 Å². The predicted molar refractivity (Wildman–Crippen MR) is 68.9 cm³/mol. The molecule has 0 radical (unpaired) electrons. The number of rotatable bonds is 3. The number of hydrogen-bond acceptors (Lipinski definition) is 5. The lowest BCUT2D eigenvalue weighted by Crippen LogP contribution is -2.35. The van der Waals surface area contributed by atoms with Crippen molar-refractivity contribution in [2.75, 3.05) is 0 Å². The monoisotopic (exact) mass is 251 g/mol. The van der Waals surface area contributed by atoms with E-state index in [2.05, 4.69) is 36.1 Å². The second-order valence-corrected chi connectivity index (χ2v) is 6.06. The Balaban J connectivity index is 2.06. The summed E-state index contributed by atoms with van der Waals surface area (Å²) in [5, 5.41) is 6.35. The molecule has 2 rings (SSSR count). The molecular weight excluding hydrogens is 234 g/mol. The Labute approximate surface area is 105 Å². The number of thiazole rings is 1. The van der Waals surface area contributed by atoms with Gasteiger partial charge in [-0.2, -0.15) is 0 Å². The Kier molecular flexibility index (Phi) is 3.31. The van der Waals surface area contributed by atoms with Crippen LogP contribution >= 0.6 is 11.3 Å². The molecular formula is C12H17N3OS. The van der Waals surface area contributed by atoms with E-state index in [1.807, 2.05) is 12.3 Å². The van der Waals surface area contributed by atoms with Crippen LogP contribution in [-0.4, -0.2) is 15.5 Å². The van der Waals surface area contributed by atoms with Crippen LogP contribution < -0.4 is 5.32 Å². The van der Waals surface area contributed by atoms with Gasteiger partial charge in [-0.15, -0.1) is 11.3 Å². The highest BCUT2D eigenvalue weighted by Crippen LogP contribution is 2.20. The van der Waals surface area contributed by atoms with Crippen LogP contribution in [0.5, 0.6) is 0 Å². The van der Waals surface area contributed by atoms with Crippen molar-refractivity contribution in [2.24, 2.45) is 0 Å². The van der Waals surface area contributed by atoms with Crippen molar-refractivity contribution >= 4 is 11.3 Å². The van der Waals surface area contributed by atoms with Crippen LogP contribution in [0.2, 0.25) is 0 Å². The van der Waals surface area contributed by atoms with E-state index in [0.29, 0.717) is 12.4 Å². The van der Waals surface area contributed by atoms with E-state index in [4.69, 9.17) is 4.42 Å². The van der Waals surface area contributed by atoms with Gasteiger partial charge in [-0.25, -0.2) is 9.97 Å². The van der Waals surface area contributed by atoms with Crippen LogP contribution in [0.1, 0.15) is 31.5 Å². The van der Waals surface area contributed by atoms with Crippen LogP contribution in [-0.2, 0) is 6.54 Å². The van der Waals surface area contributed by atoms with Gasteiger partial charge in [0, 0.05) is 17.5 Å². The molecule has 2 aromatic rings. The van der Waals surface area contributed by atoms with E-state index >= 15 is 0 Å². The molecule has 1 N–H and O–H groups in total. The first-order valence-electron chi connectivity index (χ1n) is 5.56. The van der Waals surface area contributed by atoms with E-state index in [0.717, 1.165) is 16.4 Å². The summed E-state index contributed by atoms with van der Waals surface area (Å²) in [4.78, 5) is 8.76. The molecule has 17 heavy (non-hydrogen) atoms. The van der Waals surface area contributed by atoms with Crippen LogP contribution in [0.3, 0.4) is 0 Å². The van der Waals surface area contributed by atoms with Gasteiger partial charge in [0.1, 0.15) is 12.0 Å². The molecule has 2 heterocycles. The number of nitrogens with one attached hydrogen (secondary N) is 1. The minimum absolute atomic E-state index is 0.0797. The number of aryl methyl sites for hydroxylation is 1. The van der Waals surface area contributed by atoms with Crippen molar-refractivity contribution in [2.45, 2.75) is 39.8 Å². The van der Waals surface area contributed by atoms with Crippen molar-refractivity contribution in [1.82, 2.24) is 15.3 Å². The Hall–Kier alpha value is -1.20. The molecule has 0 aliphatic carbocycles. The molecule has 0 bridgehead atoms. The van der Waals surface area contributed by atoms with Crippen LogP contribution in [0.4, 0.5) is 0 Å². The van der Waals surface area contributed by atoms with E-state index in [1.54, 1.807) is 17.6 Å². The smallest absolute Gasteiger partial charge is 0.246 e. The van der Waals surface area contributed by atoms with Crippen LogP contribution in [0.25, 0.3) is 11.6 Å². The summed E-state index contributed by atoms with van der Waals surface area (Å²) in [6.45, 7) is 9.04. The summed E-state index contributed by atoms with van der Waals surface area (Å²) in [5.74, 6) is 0.597. The Morgan fingerprint density at radius 2 is 2.12 bits per heavy atom. The molecule has 0 fully saturated rings. The van der Waals surface area contributed by atoms with E-state index in [1.165, 1.54) is 0 Å². The first-order valence-corrected chi connectivity index (χ1v) is 6.44. The zero-order valence-electron chi connectivity index (χ0n) is 10.6. The number of aromatic nitrogens is 2. The minimum atomic E-state index is 0.0797. The van der Waals surface area contributed by atoms with Gasteiger partial charge in [0.25, 0.3) is 0 Å². The Morgan fingerprint density at radius 1 is 1.35 bits per heavy atom. The van der Waals surface area contributed by atoms with E-state index in [9.17, 15) is 0 Å². The molecule has 0 unspecified atom stereocenters. The van der Waals surface area contributed by atoms with E-state index in [-0.39, 0.29) is 5.54 Å². The van der Waals surface area contributed by atoms with Crippen molar-refractivity contribution in [3.63, 3.8) is 0 Å². The van der Waals surface area contributed by atoms with Gasteiger partial charge in [-0.3, -0.25) is 0 Å². The van der Waals surface area contributed by atoms with Gasteiger partial charge >= 0.3 is 0 Å². The van der Waals surface area contributed by atoms with Gasteiger partial charge < -0.3 is 9.73 Å². The molecule has 92 valence electrons. The van der Waals surface area contributed by atoms with Crippen molar-refractivity contribution in [1.29, 1.82) is 0 Å². The average molecular weight is 251 g/mol. The summed E-state index contributed by atoms with van der Waals surface area (Å²) in [6, 6.07) is 0. The fourth-order valence-corrected chi connectivity index (χ4v) is 1.91. The van der Waals surface area contributed by atoms with E-state index < -0.39 is 0 Å². The van der Waals surface area contributed by atoms with Crippen molar-refractivity contribution < 1.29 is 4.42 Å². The maximum Gasteiger partial charge on any atom is 0.246 e. The molecule has 0 spiro atoms. The zero-order valence-corrected chi connectivity index (χ0v) is 11.4. The van der Waals surface area contributed by atoms with Gasteiger partial charge in [0.05, 0.1) is 10.7 Å². The lowest BCUT2D eigenvalue weighted by Gasteiger charge is -2.19. The normalized spacial score (nSPS) is 12.0. The summed E-state index contributed by atoms with van der Waals surface area (Å²) >= 11 is 1.60. The van der Waals surface area contributed by atoms with Crippen LogP contribution in [0.15, 0.2) is 16.1 Å². The maximum atomic E-state index is 5.42. The molecule has 0 aliphatic rings. The minimum Gasteiger partial charge on any atom is -0.443 e. The third-order valence-corrected chi connectivity index (χ3v) is 2.96. The largest absolute Gasteiger partial charge is 0.443 e. The second-order valence-electron chi connectivity index (χ2n) is 5.00. The quantitative estimate of drug-likeness (QED) is 0.911. The highest BCUT2D eigenvalue weighted by Gasteiger charge is 2.12. The molecule has 2 aromatic heterocycles. The van der Waals surface area contributed by atoms with Gasteiger partial charge in [-0.1, -0.05) is 0 Å². The standard InChI is InChI=1S/C12H17N3OS/c1-8-14-10(7-17-8)11-15-9(6-16-11)5-13-12(2,3)4/h6-7,13H,5H2,1-4H3. The Morgan fingerprint density at radius 3 is 2.71 bits per heavy atom. The summed E-state index contributed by atoms with van der Waals surface area (Å²) in [6.07, 6.45) is 1.68. The molecule has 0 amide bonds. The lowest BCUT2D eigenvalue weighted by atomic mass is 10.1. The second kappa shape index (κ2) is 4.58. The maximum absolute atomic E-state index is 5.42. The number of oxazole rings is 1. The topological polar surface area (TPSA) is 51.0 Å². The van der Waals surface area contributed by atoms with Crippen LogP contribution in [0, 0.1) is 6.92 Å². The fourth-order valence-electron chi connectivity index (χ4n) is 1.32. The molecule has 0 saturated heterocycles. The summed E-state index contributed by atoms with van der Waals surface area (Å²) in [7, 11) is 0. The number of nitrogens with zero attached hydrogens (tertiary/aromatic N) is 2. The first kappa shape index (κ1) is 12.3. The summed E-state index contributed by atoms with van der Waals surface area (Å²) in [5.41, 5.74) is 1.80. The van der Waals surface area contributed by atoms with Crippen molar-refractivity contribution in [3.05, 3.63) is 22.3 Å². The lowest BCUT2D eigenvalue weighted by molar-refractivity contribution is 0.421. The number of hydrogen-bond donors (Lipinski definition) is 1. The Bertz CT molecular complexity index is 496. The molecule has 0 aliphatic heterocycles. The molecule has 0 atom stereocenters. The van der Waals surface area contributed by atoms with Crippen molar-refractivity contribution in [3.8, 4) is 11.6 Å². The molecule has 5 heteroatoms. The highest BCUT2D eigenvalue weighted by molar-refractivity contribution is 7.09. The first-order chi connectivity index (χ1) is 7.94. The summed E-state index contributed by atoms with van der Waals surface area (Å²) < 4.78 is 5.42. The molecule has 4 nitrogen and oxygen atoms in total. The van der Waals surface area contributed by atoms with Gasteiger partial charge in [0.15, 0.2) is 0 Å². The zero-order chi connectivity index (χ0) is 12.5. The molecule has 0 saturated carbocycles. The third kappa shape index (κ3) is 3.38.